The van der Waals surface area contributed by atoms with Crippen molar-refractivity contribution < 1.29 is 26.7 Å². The second-order valence-corrected chi connectivity index (χ2v) is 6.59. The van der Waals surface area contributed by atoms with Crippen molar-refractivity contribution in [3.63, 3.8) is 0 Å². The Balaban J connectivity index is 1.95. The third-order valence-corrected chi connectivity index (χ3v) is 4.73. The first-order valence-electron chi connectivity index (χ1n) is 8.59. The Bertz CT molecular complexity index is 568. The predicted octanol–water partition coefficient (Wildman–Crippen LogP) is 6.59. The van der Waals surface area contributed by atoms with E-state index in [0.29, 0.717) is 24.3 Å². The highest BCUT2D eigenvalue weighted by molar-refractivity contribution is 5.61. The lowest BCUT2D eigenvalue weighted by molar-refractivity contribution is -0.176. The average Bonchev–Trinajstić information content (AvgIpc) is 2.60. The van der Waals surface area contributed by atoms with E-state index in [0.717, 1.165) is 19.3 Å². The van der Waals surface area contributed by atoms with Gasteiger partial charge in [0.25, 0.3) is 0 Å². The Kier molecular flexibility index (Phi) is 6.99. The Morgan fingerprint density at radius 3 is 2.16 bits per heavy atom. The maximum Gasteiger partial charge on any atom is 0.411 e. The molecule has 0 aliphatic heterocycles. The van der Waals surface area contributed by atoms with Crippen LogP contribution in [0.15, 0.2) is 30.1 Å². The van der Waals surface area contributed by atoms with Crippen LogP contribution in [0.3, 0.4) is 0 Å². The van der Waals surface area contributed by atoms with Crippen molar-refractivity contribution in [1.29, 1.82) is 0 Å². The van der Waals surface area contributed by atoms with E-state index < -0.39 is 24.4 Å². The van der Waals surface area contributed by atoms with Crippen LogP contribution in [0.25, 0.3) is 5.83 Å². The second-order valence-electron chi connectivity index (χ2n) is 6.59. The summed E-state index contributed by atoms with van der Waals surface area (Å²) in [6.07, 6.45) is -0.177. The number of halogens is 5. The number of alkyl halides is 3. The van der Waals surface area contributed by atoms with E-state index in [9.17, 15) is 22.0 Å². The Hall–Kier alpha value is -1.43. The van der Waals surface area contributed by atoms with Gasteiger partial charge in [0, 0.05) is 11.5 Å². The molecule has 0 unspecified atom stereocenters. The van der Waals surface area contributed by atoms with Crippen LogP contribution in [-0.2, 0) is 11.3 Å². The molecule has 25 heavy (non-hydrogen) atoms. The molecule has 1 saturated carbocycles. The largest absolute Gasteiger partial charge is 0.411 e. The lowest BCUT2D eigenvalue weighted by Crippen LogP contribution is -2.16. The van der Waals surface area contributed by atoms with Crippen LogP contribution < -0.4 is 0 Å². The monoisotopic (exact) mass is 362 g/mol. The number of hydrogen-bond acceptors (Lipinski definition) is 1. The molecule has 140 valence electrons. The van der Waals surface area contributed by atoms with Crippen LogP contribution in [0.4, 0.5) is 22.0 Å². The molecular weight excluding hydrogens is 339 g/mol. The standard InChI is InChI=1S/C19H23F5O/c1-2-13-3-7-15(8-4-13)17(20)18(21)16-9-5-14(6-10-16)11-25-12-19(22,23)24/h5-6,9-10,13,15H,2-4,7-8,11-12H2,1H3/b18-17+. The Morgan fingerprint density at radius 2 is 1.64 bits per heavy atom. The van der Waals surface area contributed by atoms with Crippen molar-refractivity contribution in [3.05, 3.63) is 41.2 Å². The zero-order valence-electron chi connectivity index (χ0n) is 14.2. The molecule has 0 amide bonds. The molecule has 0 aromatic heterocycles. The summed E-state index contributed by atoms with van der Waals surface area (Å²) < 4.78 is 69.3. The normalized spacial score (nSPS) is 22.6. The third-order valence-electron chi connectivity index (χ3n) is 4.73. The van der Waals surface area contributed by atoms with Crippen molar-refractivity contribution >= 4 is 5.83 Å². The minimum atomic E-state index is -4.38. The van der Waals surface area contributed by atoms with E-state index in [1.54, 1.807) is 0 Å². The first-order chi connectivity index (χ1) is 11.8. The smallest absolute Gasteiger partial charge is 0.367 e. The van der Waals surface area contributed by atoms with Gasteiger partial charge in [-0.05, 0) is 37.2 Å². The molecule has 0 radical (unpaired) electrons. The highest BCUT2D eigenvalue weighted by atomic mass is 19.4. The van der Waals surface area contributed by atoms with Crippen molar-refractivity contribution in [2.45, 2.75) is 51.8 Å². The number of ether oxygens (including phenoxy) is 1. The number of hydrogen-bond donors (Lipinski definition) is 0. The fraction of sp³-hybridized carbons (Fsp3) is 0.579. The predicted molar refractivity (Wildman–Crippen MR) is 87.0 cm³/mol. The molecule has 1 aromatic carbocycles. The molecular formula is C19H23F5O. The Labute approximate surface area is 144 Å². The van der Waals surface area contributed by atoms with Crippen LogP contribution in [0.5, 0.6) is 0 Å². The zero-order valence-corrected chi connectivity index (χ0v) is 14.2. The van der Waals surface area contributed by atoms with Gasteiger partial charge in [-0.15, -0.1) is 0 Å². The van der Waals surface area contributed by atoms with Gasteiger partial charge in [0.2, 0.25) is 0 Å². The molecule has 0 atom stereocenters. The first kappa shape index (κ1) is 19.9. The molecule has 1 aromatic rings. The lowest BCUT2D eigenvalue weighted by Gasteiger charge is -2.26. The highest BCUT2D eigenvalue weighted by Crippen LogP contribution is 2.38. The fourth-order valence-corrected chi connectivity index (χ4v) is 3.17. The van der Waals surface area contributed by atoms with E-state index in [1.807, 2.05) is 0 Å². The molecule has 1 nitrogen and oxygen atoms in total. The second kappa shape index (κ2) is 8.79. The molecule has 0 bridgehead atoms. The topological polar surface area (TPSA) is 9.23 Å². The van der Waals surface area contributed by atoms with Gasteiger partial charge >= 0.3 is 6.18 Å². The molecule has 1 aliphatic rings. The minimum absolute atomic E-state index is 0.106. The van der Waals surface area contributed by atoms with Gasteiger partial charge in [-0.1, -0.05) is 37.6 Å². The minimum Gasteiger partial charge on any atom is -0.367 e. The van der Waals surface area contributed by atoms with Gasteiger partial charge in [0.15, 0.2) is 5.83 Å². The maximum atomic E-state index is 14.4. The fourth-order valence-electron chi connectivity index (χ4n) is 3.17. The van der Waals surface area contributed by atoms with Crippen molar-refractivity contribution in [2.24, 2.45) is 11.8 Å². The van der Waals surface area contributed by atoms with E-state index in [2.05, 4.69) is 11.7 Å². The molecule has 0 N–H and O–H groups in total. The molecule has 0 heterocycles. The summed E-state index contributed by atoms with van der Waals surface area (Å²) in [5.41, 5.74) is 0.583. The van der Waals surface area contributed by atoms with Crippen LogP contribution in [-0.4, -0.2) is 12.8 Å². The SMILES string of the molecule is CCC1CCC(/C(F)=C(\F)c2ccc(COCC(F)(F)F)cc2)CC1. The van der Waals surface area contributed by atoms with E-state index >= 15 is 0 Å². The van der Waals surface area contributed by atoms with Crippen LogP contribution in [0.2, 0.25) is 0 Å². The summed E-state index contributed by atoms with van der Waals surface area (Å²) in [4.78, 5) is 0. The first-order valence-corrected chi connectivity index (χ1v) is 8.59. The molecule has 6 heteroatoms. The van der Waals surface area contributed by atoms with Crippen molar-refractivity contribution in [3.8, 4) is 0 Å². The van der Waals surface area contributed by atoms with Gasteiger partial charge in [0.05, 0.1) is 6.61 Å². The third kappa shape index (κ3) is 6.10. The summed E-state index contributed by atoms with van der Waals surface area (Å²) in [7, 11) is 0. The highest BCUT2D eigenvalue weighted by Gasteiger charge is 2.27. The summed E-state index contributed by atoms with van der Waals surface area (Å²) >= 11 is 0. The maximum absolute atomic E-state index is 14.4. The van der Waals surface area contributed by atoms with E-state index in [4.69, 9.17) is 0 Å². The number of allylic oxidation sites excluding steroid dienone is 1. The summed E-state index contributed by atoms with van der Waals surface area (Å²) in [6, 6.07) is 5.65. The van der Waals surface area contributed by atoms with Crippen LogP contribution >= 0.6 is 0 Å². The number of rotatable bonds is 6. The van der Waals surface area contributed by atoms with Gasteiger partial charge in [-0.3, -0.25) is 0 Å². The number of benzene rings is 1. The molecule has 1 fully saturated rings. The van der Waals surface area contributed by atoms with Gasteiger partial charge in [-0.2, -0.15) is 13.2 Å². The average molecular weight is 362 g/mol. The van der Waals surface area contributed by atoms with Gasteiger partial charge < -0.3 is 4.74 Å². The Morgan fingerprint density at radius 1 is 1.04 bits per heavy atom. The van der Waals surface area contributed by atoms with Gasteiger partial charge in [-0.25, -0.2) is 8.78 Å². The van der Waals surface area contributed by atoms with E-state index in [1.165, 1.54) is 24.3 Å². The summed E-state index contributed by atoms with van der Waals surface area (Å²) in [6.45, 7) is 0.546. The quantitative estimate of drug-likeness (QED) is 0.519. The van der Waals surface area contributed by atoms with Crippen molar-refractivity contribution in [2.75, 3.05) is 6.61 Å². The molecule has 2 rings (SSSR count). The molecule has 0 spiro atoms. The van der Waals surface area contributed by atoms with Gasteiger partial charge in [0.1, 0.15) is 12.4 Å². The van der Waals surface area contributed by atoms with Crippen LogP contribution in [0.1, 0.15) is 50.2 Å². The lowest BCUT2D eigenvalue weighted by atomic mass is 9.80. The molecule has 1 aliphatic carbocycles. The van der Waals surface area contributed by atoms with Crippen molar-refractivity contribution in [1.82, 2.24) is 0 Å². The summed E-state index contributed by atoms with van der Waals surface area (Å²) in [5, 5.41) is 0. The zero-order chi connectivity index (χ0) is 18.4. The van der Waals surface area contributed by atoms with E-state index in [-0.39, 0.29) is 18.1 Å². The molecule has 0 saturated heterocycles. The summed E-state index contributed by atoms with van der Waals surface area (Å²) in [5.74, 6) is -1.36. The van der Waals surface area contributed by atoms with Crippen LogP contribution in [0, 0.1) is 11.8 Å².